The molecule has 0 aromatic rings. The van der Waals surface area contributed by atoms with Gasteiger partial charge in [-0.1, -0.05) is 25.0 Å². The highest BCUT2D eigenvalue weighted by atomic mass is 16.5. The average molecular weight is 208 g/mol. The Morgan fingerprint density at radius 3 is 2.60 bits per heavy atom. The van der Waals surface area contributed by atoms with Gasteiger partial charge >= 0.3 is 0 Å². The molecule has 0 aromatic heterocycles. The summed E-state index contributed by atoms with van der Waals surface area (Å²) >= 11 is 0. The van der Waals surface area contributed by atoms with Gasteiger partial charge in [-0.2, -0.15) is 0 Å². The summed E-state index contributed by atoms with van der Waals surface area (Å²) in [6, 6.07) is 0. The molecule has 15 heavy (non-hydrogen) atoms. The van der Waals surface area contributed by atoms with Gasteiger partial charge in [-0.05, 0) is 25.2 Å². The molecule has 0 saturated heterocycles. The second-order valence-electron chi connectivity index (χ2n) is 5.35. The number of ether oxygens (including phenoxy) is 1. The predicted molar refractivity (Wildman–Crippen MR) is 58.4 cm³/mol. The number of hydrogen-bond acceptors (Lipinski definition) is 2. The van der Waals surface area contributed by atoms with Crippen LogP contribution in [0.15, 0.2) is 12.2 Å². The topological polar surface area (TPSA) is 29.5 Å². The third-order valence-electron chi connectivity index (χ3n) is 4.38. The zero-order valence-electron chi connectivity index (χ0n) is 9.14. The van der Waals surface area contributed by atoms with E-state index in [0.717, 1.165) is 13.0 Å². The molecule has 4 unspecified atom stereocenters. The molecule has 0 radical (unpaired) electrons. The third-order valence-corrected chi connectivity index (χ3v) is 4.38. The third kappa shape index (κ3) is 1.74. The average Bonchev–Trinajstić information content (AvgIpc) is 2.93. The molecule has 2 bridgehead atoms. The van der Waals surface area contributed by atoms with Crippen LogP contribution in [0.1, 0.15) is 32.1 Å². The normalized spacial score (nSPS) is 44.3. The van der Waals surface area contributed by atoms with Crippen LogP contribution >= 0.6 is 0 Å². The Balaban J connectivity index is 1.50. The van der Waals surface area contributed by atoms with Crippen molar-refractivity contribution in [2.24, 2.45) is 17.8 Å². The Morgan fingerprint density at radius 2 is 2.00 bits per heavy atom. The molecule has 3 aliphatic rings. The van der Waals surface area contributed by atoms with Gasteiger partial charge in [0.25, 0.3) is 0 Å². The quantitative estimate of drug-likeness (QED) is 0.720. The molecule has 0 amide bonds. The summed E-state index contributed by atoms with van der Waals surface area (Å²) in [7, 11) is 0. The maximum atomic E-state index is 9.87. The molecular formula is C13H20O2. The molecular weight excluding hydrogens is 188 g/mol. The maximum Gasteiger partial charge on any atom is 0.0668 e. The first-order valence-electron chi connectivity index (χ1n) is 6.32. The summed E-state index contributed by atoms with van der Waals surface area (Å²) in [5.41, 5.74) is 0. The van der Waals surface area contributed by atoms with E-state index in [0.29, 0.717) is 23.9 Å². The maximum absolute atomic E-state index is 9.87. The van der Waals surface area contributed by atoms with Gasteiger partial charge < -0.3 is 9.84 Å². The van der Waals surface area contributed by atoms with Crippen molar-refractivity contribution < 1.29 is 9.84 Å². The van der Waals surface area contributed by atoms with Gasteiger partial charge in [0.15, 0.2) is 0 Å². The van der Waals surface area contributed by atoms with Gasteiger partial charge in [0, 0.05) is 11.8 Å². The number of rotatable bonds is 3. The smallest absolute Gasteiger partial charge is 0.0668 e. The first-order chi connectivity index (χ1) is 7.34. The summed E-state index contributed by atoms with van der Waals surface area (Å²) < 4.78 is 5.94. The van der Waals surface area contributed by atoms with Crippen molar-refractivity contribution in [3.05, 3.63) is 12.2 Å². The van der Waals surface area contributed by atoms with Crippen LogP contribution in [0.25, 0.3) is 0 Å². The molecule has 3 aliphatic carbocycles. The monoisotopic (exact) mass is 208 g/mol. The van der Waals surface area contributed by atoms with Crippen molar-refractivity contribution in [1.29, 1.82) is 0 Å². The Labute approximate surface area is 91.3 Å². The van der Waals surface area contributed by atoms with Crippen molar-refractivity contribution >= 4 is 0 Å². The van der Waals surface area contributed by atoms with E-state index in [1.165, 1.54) is 25.7 Å². The lowest BCUT2D eigenvalue weighted by Crippen LogP contribution is -2.21. The van der Waals surface area contributed by atoms with E-state index < -0.39 is 0 Å². The van der Waals surface area contributed by atoms with Crippen LogP contribution in [-0.2, 0) is 4.74 Å². The highest BCUT2D eigenvalue weighted by molar-refractivity contribution is 5.15. The molecule has 2 nitrogen and oxygen atoms in total. The van der Waals surface area contributed by atoms with E-state index in [1.807, 2.05) is 0 Å². The highest BCUT2D eigenvalue weighted by Gasteiger charge is 2.43. The molecule has 2 heteroatoms. The summed E-state index contributed by atoms with van der Waals surface area (Å²) in [4.78, 5) is 0. The number of hydrogen-bond donors (Lipinski definition) is 1. The SMILES string of the molecule is OC1C2C=CC1C(COC1CCCC1)C2. The first-order valence-corrected chi connectivity index (χ1v) is 6.32. The van der Waals surface area contributed by atoms with E-state index in [-0.39, 0.29) is 6.10 Å². The molecule has 84 valence electrons. The van der Waals surface area contributed by atoms with Crippen molar-refractivity contribution in [3.8, 4) is 0 Å². The van der Waals surface area contributed by atoms with Gasteiger partial charge in [0.05, 0.1) is 18.8 Å². The van der Waals surface area contributed by atoms with Crippen LogP contribution in [0.5, 0.6) is 0 Å². The fourth-order valence-electron chi connectivity index (χ4n) is 3.44. The van der Waals surface area contributed by atoms with Gasteiger partial charge in [-0.25, -0.2) is 0 Å². The summed E-state index contributed by atoms with van der Waals surface area (Å²) in [6.45, 7) is 0.868. The van der Waals surface area contributed by atoms with E-state index >= 15 is 0 Å². The van der Waals surface area contributed by atoms with E-state index in [1.54, 1.807) is 0 Å². The minimum Gasteiger partial charge on any atom is -0.392 e. The zero-order chi connectivity index (χ0) is 10.3. The fourth-order valence-corrected chi connectivity index (χ4v) is 3.44. The number of fused-ring (bicyclic) bond motifs is 2. The van der Waals surface area contributed by atoms with Gasteiger partial charge in [0.1, 0.15) is 0 Å². The minimum atomic E-state index is -0.109. The lowest BCUT2D eigenvalue weighted by atomic mass is 9.94. The molecule has 0 spiro atoms. The molecule has 1 N–H and O–H groups in total. The van der Waals surface area contributed by atoms with E-state index in [4.69, 9.17) is 4.74 Å². The molecule has 2 saturated carbocycles. The van der Waals surface area contributed by atoms with Gasteiger partial charge in [-0.15, -0.1) is 0 Å². The molecule has 0 heterocycles. The molecule has 4 atom stereocenters. The van der Waals surface area contributed by atoms with Gasteiger partial charge in [0.2, 0.25) is 0 Å². The van der Waals surface area contributed by atoms with Crippen LogP contribution in [0.4, 0.5) is 0 Å². The second-order valence-corrected chi connectivity index (χ2v) is 5.35. The van der Waals surface area contributed by atoms with Crippen molar-refractivity contribution in [2.75, 3.05) is 6.61 Å². The predicted octanol–water partition coefficient (Wildman–Crippen LogP) is 2.13. The zero-order valence-corrected chi connectivity index (χ0v) is 9.14. The number of aliphatic hydroxyl groups excluding tert-OH is 1. The Kier molecular flexibility index (Phi) is 2.57. The minimum absolute atomic E-state index is 0.109. The van der Waals surface area contributed by atoms with Crippen LogP contribution < -0.4 is 0 Å². The van der Waals surface area contributed by atoms with Crippen molar-refractivity contribution in [2.45, 2.75) is 44.3 Å². The Bertz CT molecular complexity index is 255. The molecule has 2 fully saturated rings. The largest absolute Gasteiger partial charge is 0.392 e. The van der Waals surface area contributed by atoms with Crippen molar-refractivity contribution in [1.82, 2.24) is 0 Å². The van der Waals surface area contributed by atoms with E-state index in [2.05, 4.69) is 12.2 Å². The Hall–Kier alpha value is -0.340. The Morgan fingerprint density at radius 1 is 1.20 bits per heavy atom. The standard InChI is InChI=1S/C13H20O2/c14-13-9-5-6-12(13)10(7-9)8-15-11-3-1-2-4-11/h5-6,9-14H,1-4,7-8H2. The lowest BCUT2D eigenvalue weighted by molar-refractivity contribution is 0.0218. The first kappa shape index (κ1) is 9.86. The fraction of sp³-hybridized carbons (Fsp3) is 0.846. The molecule has 3 rings (SSSR count). The van der Waals surface area contributed by atoms with Crippen LogP contribution in [0.3, 0.4) is 0 Å². The summed E-state index contributed by atoms with van der Waals surface area (Å²) in [5, 5.41) is 9.87. The van der Waals surface area contributed by atoms with E-state index in [9.17, 15) is 5.11 Å². The molecule has 0 aromatic carbocycles. The van der Waals surface area contributed by atoms with Crippen LogP contribution in [0, 0.1) is 17.8 Å². The highest BCUT2D eigenvalue weighted by Crippen LogP contribution is 2.44. The molecule has 0 aliphatic heterocycles. The summed E-state index contributed by atoms with van der Waals surface area (Å²) in [5.74, 6) is 1.39. The lowest BCUT2D eigenvalue weighted by Gasteiger charge is -2.20. The summed E-state index contributed by atoms with van der Waals surface area (Å²) in [6.07, 6.45) is 11.1. The van der Waals surface area contributed by atoms with Crippen LogP contribution in [0.2, 0.25) is 0 Å². The van der Waals surface area contributed by atoms with Crippen LogP contribution in [-0.4, -0.2) is 23.9 Å². The van der Waals surface area contributed by atoms with Gasteiger partial charge in [-0.3, -0.25) is 0 Å². The number of aliphatic hydroxyl groups is 1. The van der Waals surface area contributed by atoms with Crippen molar-refractivity contribution in [3.63, 3.8) is 0 Å². The second kappa shape index (κ2) is 3.91.